The van der Waals surface area contributed by atoms with Crippen LogP contribution in [0.25, 0.3) is 0 Å². The molecule has 0 fully saturated rings. The number of benzene rings is 2. The molecule has 1 heterocycles. The highest BCUT2D eigenvalue weighted by Crippen LogP contribution is 2.36. The summed E-state index contributed by atoms with van der Waals surface area (Å²) in [7, 11) is 0. The fourth-order valence-electron chi connectivity index (χ4n) is 2.83. The van der Waals surface area contributed by atoms with Gasteiger partial charge in [-0.05, 0) is 36.4 Å². The third-order valence-electron chi connectivity index (χ3n) is 3.96. The summed E-state index contributed by atoms with van der Waals surface area (Å²) in [6.45, 7) is 0. The fourth-order valence-corrected chi connectivity index (χ4v) is 2.95. The number of anilines is 1. The van der Waals surface area contributed by atoms with Crippen molar-refractivity contribution in [3.05, 3.63) is 102 Å². The normalized spacial score (nSPS) is 17.7. The van der Waals surface area contributed by atoms with Gasteiger partial charge < -0.3 is 4.84 Å². The van der Waals surface area contributed by atoms with Crippen molar-refractivity contribution in [2.45, 2.75) is 5.72 Å². The SMILES string of the molecule is Clc1ccc(N2C(c3ccccc3)=NOC23C=CC=CC=C3)cc1. The highest BCUT2D eigenvalue weighted by Gasteiger charge is 2.43. The van der Waals surface area contributed by atoms with Gasteiger partial charge in [-0.25, -0.2) is 0 Å². The lowest BCUT2D eigenvalue weighted by molar-refractivity contribution is 0.0608. The molecule has 4 heteroatoms. The van der Waals surface area contributed by atoms with Crippen molar-refractivity contribution in [2.24, 2.45) is 5.16 Å². The molecule has 0 atom stereocenters. The molecular weight excluding hydrogens is 320 g/mol. The number of nitrogens with zero attached hydrogens (tertiary/aromatic N) is 2. The van der Waals surface area contributed by atoms with Crippen molar-refractivity contribution < 1.29 is 4.84 Å². The first-order valence-corrected chi connectivity index (χ1v) is 8.07. The molecule has 2 aromatic carbocycles. The highest BCUT2D eigenvalue weighted by atomic mass is 35.5. The molecule has 0 radical (unpaired) electrons. The quantitative estimate of drug-likeness (QED) is 0.779. The lowest BCUT2D eigenvalue weighted by Gasteiger charge is -2.32. The van der Waals surface area contributed by atoms with Gasteiger partial charge in [-0.15, -0.1) is 0 Å². The molecule has 2 aliphatic rings. The molecule has 4 rings (SSSR count). The van der Waals surface area contributed by atoms with E-state index in [1.54, 1.807) is 0 Å². The Hall–Kier alpha value is -2.78. The molecule has 0 saturated heterocycles. The molecule has 118 valence electrons. The predicted octanol–water partition coefficient (Wildman–Crippen LogP) is 4.92. The predicted molar refractivity (Wildman–Crippen MR) is 98.1 cm³/mol. The Morgan fingerprint density at radius 1 is 0.833 bits per heavy atom. The van der Waals surface area contributed by atoms with E-state index >= 15 is 0 Å². The second kappa shape index (κ2) is 6.02. The number of allylic oxidation sites excluding steroid dienone is 4. The summed E-state index contributed by atoms with van der Waals surface area (Å²) in [5.41, 5.74) is 1.15. The summed E-state index contributed by atoms with van der Waals surface area (Å²) >= 11 is 6.06. The van der Waals surface area contributed by atoms with Gasteiger partial charge in [0, 0.05) is 16.3 Å². The van der Waals surface area contributed by atoms with Gasteiger partial charge in [0.15, 0.2) is 5.84 Å². The minimum atomic E-state index is -0.789. The van der Waals surface area contributed by atoms with Crippen molar-refractivity contribution in [3.63, 3.8) is 0 Å². The summed E-state index contributed by atoms with van der Waals surface area (Å²) in [5.74, 6) is 0.758. The lowest BCUT2D eigenvalue weighted by atomic mass is 10.1. The third-order valence-corrected chi connectivity index (χ3v) is 4.21. The average Bonchev–Trinajstić information content (AvgIpc) is 2.82. The fraction of sp³-hybridized carbons (Fsp3) is 0.0500. The second-order valence-electron chi connectivity index (χ2n) is 5.54. The Morgan fingerprint density at radius 3 is 2.17 bits per heavy atom. The number of oxime groups is 1. The van der Waals surface area contributed by atoms with Crippen molar-refractivity contribution in [1.29, 1.82) is 0 Å². The minimum Gasteiger partial charge on any atom is -0.356 e. The van der Waals surface area contributed by atoms with E-state index in [1.807, 2.05) is 91.1 Å². The monoisotopic (exact) mass is 334 g/mol. The van der Waals surface area contributed by atoms with Crippen LogP contribution in [0.2, 0.25) is 5.02 Å². The zero-order valence-corrected chi connectivity index (χ0v) is 13.6. The van der Waals surface area contributed by atoms with Gasteiger partial charge in [0.25, 0.3) is 5.72 Å². The number of halogens is 1. The maximum Gasteiger partial charge on any atom is 0.254 e. The van der Waals surface area contributed by atoms with E-state index in [0.29, 0.717) is 5.02 Å². The number of rotatable bonds is 2. The maximum atomic E-state index is 6.06. The Bertz CT molecular complexity index is 835. The molecule has 0 amide bonds. The van der Waals surface area contributed by atoms with Crippen LogP contribution < -0.4 is 4.90 Å². The summed E-state index contributed by atoms with van der Waals surface area (Å²) < 4.78 is 0. The molecular formula is C20H15ClN2O. The van der Waals surface area contributed by atoms with Crippen LogP contribution in [0.1, 0.15) is 5.56 Å². The zero-order chi connectivity index (χ0) is 16.4. The second-order valence-corrected chi connectivity index (χ2v) is 5.98. The van der Waals surface area contributed by atoms with Gasteiger partial charge in [0.05, 0.1) is 0 Å². The van der Waals surface area contributed by atoms with E-state index in [2.05, 4.69) is 10.1 Å². The Labute approximate surface area is 145 Å². The van der Waals surface area contributed by atoms with Crippen LogP contribution in [0.15, 0.2) is 96.2 Å². The molecule has 0 saturated carbocycles. The maximum absolute atomic E-state index is 6.06. The first-order valence-electron chi connectivity index (χ1n) is 7.70. The van der Waals surface area contributed by atoms with Crippen LogP contribution in [-0.4, -0.2) is 11.6 Å². The number of amidine groups is 1. The molecule has 0 unspecified atom stereocenters. The van der Waals surface area contributed by atoms with Gasteiger partial charge >= 0.3 is 0 Å². The number of hydrogen-bond acceptors (Lipinski definition) is 3. The number of hydrogen-bond donors (Lipinski definition) is 0. The standard InChI is InChI=1S/C20H15ClN2O/c21-17-10-12-18(13-11-17)23-19(16-8-4-3-5-9-16)22-24-20(23)14-6-1-2-7-15-20/h1-15H. The molecule has 1 aliphatic carbocycles. The van der Waals surface area contributed by atoms with E-state index in [0.717, 1.165) is 17.1 Å². The van der Waals surface area contributed by atoms with E-state index in [-0.39, 0.29) is 0 Å². The molecule has 0 bridgehead atoms. The molecule has 0 aromatic heterocycles. The highest BCUT2D eigenvalue weighted by molar-refractivity contribution is 6.30. The van der Waals surface area contributed by atoms with Gasteiger partial charge in [-0.1, -0.05) is 71.4 Å². The summed E-state index contributed by atoms with van der Waals surface area (Å²) in [6, 6.07) is 17.7. The van der Waals surface area contributed by atoms with E-state index in [9.17, 15) is 0 Å². The van der Waals surface area contributed by atoms with Crippen molar-refractivity contribution >= 4 is 23.1 Å². The van der Waals surface area contributed by atoms with Crippen LogP contribution in [0, 0.1) is 0 Å². The van der Waals surface area contributed by atoms with Gasteiger partial charge in [-0.3, -0.25) is 4.90 Å². The molecule has 1 aliphatic heterocycles. The summed E-state index contributed by atoms with van der Waals surface area (Å²) in [6.07, 6.45) is 11.8. The van der Waals surface area contributed by atoms with Crippen molar-refractivity contribution in [1.82, 2.24) is 0 Å². The van der Waals surface area contributed by atoms with Crippen LogP contribution >= 0.6 is 11.6 Å². The van der Waals surface area contributed by atoms with E-state index in [1.165, 1.54) is 0 Å². The summed E-state index contributed by atoms with van der Waals surface area (Å²) in [5, 5.41) is 5.08. The van der Waals surface area contributed by atoms with Crippen LogP contribution in [-0.2, 0) is 4.84 Å². The Kier molecular flexibility index (Phi) is 3.71. The first-order chi connectivity index (χ1) is 11.8. The third kappa shape index (κ3) is 2.53. The first kappa shape index (κ1) is 14.8. The average molecular weight is 335 g/mol. The van der Waals surface area contributed by atoms with Gasteiger partial charge in [0.1, 0.15) is 0 Å². The topological polar surface area (TPSA) is 24.8 Å². The van der Waals surface area contributed by atoms with E-state index in [4.69, 9.17) is 16.4 Å². The molecule has 1 spiro atoms. The lowest BCUT2D eigenvalue weighted by Crippen LogP contribution is -2.46. The summed E-state index contributed by atoms with van der Waals surface area (Å²) in [4.78, 5) is 7.96. The van der Waals surface area contributed by atoms with Gasteiger partial charge in [0.2, 0.25) is 0 Å². The smallest absolute Gasteiger partial charge is 0.254 e. The van der Waals surface area contributed by atoms with Crippen LogP contribution in [0.4, 0.5) is 5.69 Å². The molecule has 3 nitrogen and oxygen atoms in total. The Morgan fingerprint density at radius 2 is 1.50 bits per heavy atom. The van der Waals surface area contributed by atoms with Crippen LogP contribution in [0.5, 0.6) is 0 Å². The van der Waals surface area contributed by atoms with Crippen molar-refractivity contribution in [3.8, 4) is 0 Å². The molecule has 24 heavy (non-hydrogen) atoms. The molecule has 2 aromatic rings. The van der Waals surface area contributed by atoms with E-state index < -0.39 is 5.72 Å². The van der Waals surface area contributed by atoms with Gasteiger partial charge in [-0.2, -0.15) is 0 Å². The zero-order valence-electron chi connectivity index (χ0n) is 12.8. The minimum absolute atomic E-state index is 0.694. The molecule has 0 N–H and O–H groups in total. The van der Waals surface area contributed by atoms with Crippen LogP contribution in [0.3, 0.4) is 0 Å². The van der Waals surface area contributed by atoms with Crippen molar-refractivity contribution in [2.75, 3.05) is 4.90 Å². The Balaban J connectivity index is 1.85. The largest absolute Gasteiger partial charge is 0.356 e.